The Balaban J connectivity index is 2.23. The second-order valence-corrected chi connectivity index (χ2v) is 9.60. The largest absolute Gasteiger partial charge is 0.412 e. The van der Waals surface area contributed by atoms with Crippen LogP contribution >= 0.6 is 27.3 Å². The fourth-order valence-electron chi connectivity index (χ4n) is 2.99. The topological polar surface area (TPSA) is 65.3 Å². The fourth-order valence-corrected chi connectivity index (χ4v) is 4.30. The van der Waals surface area contributed by atoms with Crippen LogP contribution in [-0.4, -0.2) is 30.2 Å². The number of rotatable bonds is 9. The molecule has 1 aromatic heterocycles. The van der Waals surface area contributed by atoms with E-state index in [2.05, 4.69) is 32.8 Å². The summed E-state index contributed by atoms with van der Waals surface area (Å²) in [6, 6.07) is 3.48. The van der Waals surface area contributed by atoms with Gasteiger partial charge in [0.15, 0.2) is 5.84 Å². The van der Waals surface area contributed by atoms with Gasteiger partial charge in [0.1, 0.15) is 0 Å². The summed E-state index contributed by atoms with van der Waals surface area (Å²) in [5.41, 5.74) is -0.0569. The van der Waals surface area contributed by atoms with E-state index in [9.17, 15) is 18.0 Å². The van der Waals surface area contributed by atoms with Crippen molar-refractivity contribution in [2.75, 3.05) is 6.54 Å². The van der Waals surface area contributed by atoms with E-state index in [-0.39, 0.29) is 36.2 Å². The van der Waals surface area contributed by atoms with Gasteiger partial charge in [0.2, 0.25) is 0 Å². The van der Waals surface area contributed by atoms with Crippen molar-refractivity contribution in [1.29, 1.82) is 5.41 Å². The van der Waals surface area contributed by atoms with E-state index in [1.807, 2.05) is 0 Å². The van der Waals surface area contributed by atoms with Gasteiger partial charge in [0.25, 0.3) is 5.91 Å². The van der Waals surface area contributed by atoms with Gasteiger partial charge in [-0.2, -0.15) is 13.2 Å². The number of carbonyl (C=O) groups is 1. The molecule has 0 aliphatic heterocycles. The second kappa shape index (κ2) is 11.6. The van der Waals surface area contributed by atoms with Gasteiger partial charge in [-0.1, -0.05) is 38.5 Å². The highest BCUT2D eigenvalue weighted by Crippen LogP contribution is 2.31. The number of hydrogen-bond donors (Lipinski definition) is 2. The Hall–Kier alpha value is -2.00. The van der Waals surface area contributed by atoms with Crippen LogP contribution in [0.3, 0.4) is 0 Å². The molecule has 0 bridgehead atoms. The number of alkyl halides is 3. The minimum absolute atomic E-state index is 0.0427. The number of amidine groups is 1. The molecule has 0 atom stereocenters. The molecule has 1 aliphatic rings. The average molecular weight is 516 g/mol. The lowest BCUT2D eigenvalue weighted by atomic mass is 9.81. The summed E-state index contributed by atoms with van der Waals surface area (Å²) in [6.45, 7) is 5.36. The van der Waals surface area contributed by atoms with Crippen molar-refractivity contribution in [3.8, 4) is 0 Å². The van der Waals surface area contributed by atoms with Gasteiger partial charge in [-0.3, -0.25) is 10.2 Å². The number of aliphatic imine (C=N–C) groups is 1. The van der Waals surface area contributed by atoms with Crippen LogP contribution in [0.15, 0.2) is 56.9 Å². The Morgan fingerprint density at radius 2 is 2.13 bits per heavy atom. The first-order valence-electron chi connectivity index (χ1n) is 9.96. The van der Waals surface area contributed by atoms with Crippen molar-refractivity contribution < 1.29 is 18.0 Å². The van der Waals surface area contributed by atoms with E-state index >= 15 is 0 Å². The molecule has 2 N–H and O–H groups in total. The van der Waals surface area contributed by atoms with Crippen LogP contribution in [0.5, 0.6) is 0 Å². The van der Waals surface area contributed by atoms with Crippen LogP contribution in [0, 0.1) is 11.3 Å². The van der Waals surface area contributed by atoms with Crippen LogP contribution in [-0.2, 0) is 0 Å². The first-order chi connectivity index (χ1) is 14.7. The third-order valence-electron chi connectivity index (χ3n) is 4.84. The Morgan fingerprint density at radius 1 is 1.42 bits per heavy atom. The van der Waals surface area contributed by atoms with Crippen LogP contribution in [0.4, 0.5) is 13.2 Å². The van der Waals surface area contributed by atoms with Crippen LogP contribution in [0.25, 0.3) is 0 Å². The molecule has 2 rings (SSSR count). The monoisotopic (exact) mass is 515 g/mol. The zero-order valence-corrected chi connectivity index (χ0v) is 19.6. The minimum Gasteiger partial charge on any atom is -0.346 e. The smallest absolute Gasteiger partial charge is 0.346 e. The van der Waals surface area contributed by atoms with Gasteiger partial charge in [-0.05, 0) is 59.3 Å². The Morgan fingerprint density at radius 3 is 2.61 bits per heavy atom. The highest BCUT2D eigenvalue weighted by molar-refractivity contribution is 9.11. The molecule has 9 heteroatoms. The Labute approximate surface area is 192 Å². The molecule has 0 aromatic carbocycles. The van der Waals surface area contributed by atoms with Gasteiger partial charge in [0, 0.05) is 16.9 Å². The molecule has 1 amide bonds. The second-order valence-electron chi connectivity index (χ2n) is 7.14. The van der Waals surface area contributed by atoms with Gasteiger partial charge >= 0.3 is 6.18 Å². The highest BCUT2D eigenvalue weighted by Gasteiger charge is 2.33. The maximum absolute atomic E-state index is 13.3. The lowest BCUT2D eigenvalue weighted by Gasteiger charge is -2.27. The van der Waals surface area contributed by atoms with E-state index in [1.54, 1.807) is 19.1 Å². The zero-order chi connectivity index (χ0) is 23.0. The number of thiophene rings is 1. The molecular weight excluding hydrogens is 491 g/mol. The highest BCUT2D eigenvalue weighted by atomic mass is 79.9. The summed E-state index contributed by atoms with van der Waals surface area (Å²) in [7, 11) is 0. The van der Waals surface area contributed by atoms with Crippen molar-refractivity contribution >= 4 is 44.7 Å². The van der Waals surface area contributed by atoms with Gasteiger partial charge in [-0.15, -0.1) is 11.3 Å². The average Bonchev–Trinajstić information content (AvgIpc) is 3.09. The summed E-state index contributed by atoms with van der Waals surface area (Å²) in [5.74, 6) is -0.409. The first kappa shape index (κ1) is 25.3. The molecule has 1 heterocycles. The van der Waals surface area contributed by atoms with Crippen molar-refractivity contribution in [3.63, 3.8) is 0 Å². The third kappa shape index (κ3) is 7.57. The summed E-state index contributed by atoms with van der Waals surface area (Å²) in [5, 5.41) is 11.1. The molecule has 4 nitrogen and oxygen atoms in total. The summed E-state index contributed by atoms with van der Waals surface area (Å²) in [6.07, 6.45) is 2.17. The molecule has 1 fully saturated rings. The lowest BCUT2D eigenvalue weighted by molar-refractivity contribution is -0.0940. The number of nitrogens with one attached hydrogen (secondary N) is 2. The molecular formula is C22H25BrF3N3OS. The summed E-state index contributed by atoms with van der Waals surface area (Å²) < 4.78 is 40.8. The number of halogens is 4. The normalized spacial score (nSPS) is 16.1. The molecule has 0 unspecified atom stereocenters. The predicted octanol–water partition coefficient (Wildman–Crippen LogP) is 6.86. The SMILES string of the molecule is C=C/C=C(\C=C(/CCC)C(F)(F)F)C(=N)N=C(CNC(=O)c1ccc(Br)s1)C1CCC1. The number of hydrogen-bond acceptors (Lipinski definition) is 3. The molecule has 1 saturated carbocycles. The van der Waals surface area contributed by atoms with Crippen molar-refractivity contribution in [2.24, 2.45) is 10.9 Å². The standard InChI is InChI=1S/C22H25BrF3N3OS/c1-3-6-15(12-16(7-4-2)22(24,25)26)20(27)29-17(14-8-5-9-14)13-28-21(30)18-10-11-19(23)31-18/h3,6,10-12,14,27H,1,4-5,7-9,13H2,2H3,(H,28,30)/b15-6+,16-12+,27-20?,29-17?. The minimum atomic E-state index is -4.47. The predicted molar refractivity (Wildman–Crippen MR) is 124 cm³/mol. The Kier molecular flexibility index (Phi) is 9.43. The van der Waals surface area contributed by atoms with Gasteiger partial charge < -0.3 is 5.32 Å². The molecule has 0 saturated heterocycles. The van der Waals surface area contributed by atoms with Crippen LogP contribution in [0.1, 0.15) is 48.7 Å². The summed E-state index contributed by atoms with van der Waals surface area (Å²) in [4.78, 5) is 17.2. The van der Waals surface area contributed by atoms with E-state index in [0.717, 1.165) is 29.1 Å². The van der Waals surface area contributed by atoms with Gasteiger partial charge in [0.05, 0.1) is 15.2 Å². The molecule has 0 spiro atoms. The van der Waals surface area contributed by atoms with E-state index in [4.69, 9.17) is 5.41 Å². The molecule has 1 aromatic rings. The number of carbonyl (C=O) groups excluding carboxylic acids is 1. The van der Waals surface area contributed by atoms with E-state index in [1.165, 1.54) is 23.5 Å². The van der Waals surface area contributed by atoms with Crippen molar-refractivity contribution in [3.05, 3.63) is 56.7 Å². The van der Waals surface area contributed by atoms with Crippen LogP contribution in [0.2, 0.25) is 0 Å². The van der Waals surface area contributed by atoms with E-state index < -0.39 is 11.7 Å². The third-order valence-corrected chi connectivity index (χ3v) is 6.47. The maximum atomic E-state index is 13.3. The molecule has 0 radical (unpaired) electrons. The fraction of sp³-hybridized carbons (Fsp3) is 0.409. The number of allylic oxidation sites excluding steroid dienone is 3. The molecule has 31 heavy (non-hydrogen) atoms. The first-order valence-corrected chi connectivity index (χ1v) is 11.6. The quantitative estimate of drug-likeness (QED) is 0.210. The molecule has 1 aliphatic carbocycles. The van der Waals surface area contributed by atoms with Crippen molar-refractivity contribution in [1.82, 2.24) is 5.32 Å². The van der Waals surface area contributed by atoms with E-state index in [0.29, 0.717) is 17.0 Å². The van der Waals surface area contributed by atoms with Crippen molar-refractivity contribution in [2.45, 2.75) is 45.2 Å². The molecule has 168 valence electrons. The number of nitrogens with zero attached hydrogens (tertiary/aromatic N) is 1. The van der Waals surface area contributed by atoms with Gasteiger partial charge in [-0.25, -0.2) is 4.99 Å². The Bertz CT molecular complexity index is 911. The number of amides is 1. The maximum Gasteiger partial charge on any atom is 0.412 e. The lowest BCUT2D eigenvalue weighted by Crippen LogP contribution is -2.35. The van der Waals surface area contributed by atoms with Crippen LogP contribution < -0.4 is 5.32 Å². The zero-order valence-electron chi connectivity index (χ0n) is 17.2. The summed E-state index contributed by atoms with van der Waals surface area (Å²) >= 11 is 4.62.